The van der Waals surface area contributed by atoms with Gasteiger partial charge in [0.2, 0.25) is 10.0 Å². The first-order valence-corrected chi connectivity index (χ1v) is 10.2. The van der Waals surface area contributed by atoms with Crippen LogP contribution in [-0.2, 0) is 10.0 Å². The standard InChI is InChI=1S/C16H17ClN2O3S2/c1-11-15(24(21,22)19-8-4-5-9-19)10-14(23-11)16(20)18-13-7-3-2-6-12(13)17/h2-3,6-7,10H,4-5,8-9H2,1H3,(H,18,20). The van der Waals surface area contributed by atoms with Crippen molar-refractivity contribution in [2.24, 2.45) is 0 Å². The summed E-state index contributed by atoms with van der Waals surface area (Å²) in [6, 6.07) is 8.38. The molecule has 1 aromatic heterocycles. The Morgan fingerprint density at radius 1 is 1.25 bits per heavy atom. The number of rotatable bonds is 4. The summed E-state index contributed by atoms with van der Waals surface area (Å²) in [6.07, 6.45) is 1.75. The number of hydrogen-bond acceptors (Lipinski definition) is 4. The van der Waals surface area contributed by atoms with Crippen LogP contribution in [0.5, 0.6) is 0 Å². The second kappa shape index (κ2) is 6.84. The lowest BCUT2D eigenvalue weighted by atomic mass is 10.3. The van der Waals surface area contributed by atoms with Gasteiger partial charge in [-0.1, -0.05) is 23.7 Å². The maximum absolute atomic E-state index is 12.7. The molecule has 1 saturated heterocycles. The minimum Gasteiger partial charge on any atom is -0.320 e. The zero-order valence-electron chi connectivity index (χ0n) is 13.1. The number of benzene rings is 1. The molecule has 0 radical (unpaired) electrons. The van der Waals surface area contributed by atoms with Gasteiger partial charge < -0.3 is 5.32 Å². The molecule has 8 heteroatoms. The molecule has 0 atom stereocenters. The van der Waals surface area contributed by atoms with Gasteiger partial charge in [0.25, 0.3) is 5.91 Å². The molecule has 1 amide bonds. The van der Waals surface area contributed by atoms with E-state index in [0.29, 0.717) is 33.6 Å². The summed E-state index contributed by atoms with van der Waals surface area (Å²) in [4.78, 5) is 13.6. The lowest BCUT2D eigenvalue weighted by Crippen LogP contribution is -2.28. The van der Waals surface area contributed by atoms with Crippen molar-refractivity contribution in [3.8, 4) is 0 Å². The number of nitrogens with zero attached hydrogens (tertiary/aromatic N) is 1. The first-order valence-electron chi connectivity index (χ1n) is 7.56. The van der Waals surface area contributed by atoms with Crippen LogP contribution in [0, 0.1) is 6.92 Å². The SMILES string of the molecule is Cc1sc(C(=O)Nc2ccccc2Cl)cc1S(=O)(=O)N1CCCC1. The number of carbonyl (C=O) groups excluding carboxylic acids is 1. The molecular weight excluding hydrogens is 368 g/mol. The van der Waals surface area contributed by atoms with Crippen LogP contribution in [0.1, 0.15) is 27.4 Å². The van der Waals surface area contributed by atoms with E-state index in [-0.39, 0.29) is 10.8 Å². The Labute approximate surface area is 150 Å². The van der Waals surface area contributed by atoms with Gasteiger partial charge in [-0.15, -0.1) is 11.3 Å². The molecule has 0 bridgehead atoms. The fourth-order valence-corrected chi connectivity index (χ4v) is 5.80. The van der Waals surface area contributed by atoms with Crippen LogP contribution >= 0.6 is 22.9 Å². The van der Waals surface area contributed by atoms with Crippen LogP contribution in [-0.4, -0.2) is 31.7 Å². The minimum atomic E-state index is -3.53. The maximum Gasteiger partial charge on any atom is 0.265 e. The molecule has 1 aromatic carbocycles. The molecule has 24 heavy (non-hydrogen) atoms. The summed E-state index contributed by atoms with van der Waals surface area (Å²) in [7, 11) is -3.53. The Balaban J connectivity index is 1.86. The summed E-state index contributed by atoms with van der Waals surface area (Å²) < 4.78 is 26.9. The Morgan fingerprint density at radius 3 is 2.58 bits per heavy atom. The van der Waals surface area contributed by atoms with Crippen LogP contribution in [0.25, 0.3) is 0 Å². The number of sulfonamides is 1. The Bertz CT molecular complexity index is 871. The lowest BCUT2D eigenvalue weighted by molar-refractivity contribution is 0.103. The van der Waals surface area contributed by atoms with Gasteiger partial charge in [-0.05, 0) is 38.0 Å². The van der Waals surface area contributed by atoms with E-state index in [1.54, 1.807) is 31.2 Å². The predicted octanol–water partition coefficient (Wildman–Crippen LogP) is 3.75. The fraction of sp³-hybridized carbons (Fsp3) is 0.312. The monoisotopic (exact) mass is 384 g/mol. The van der Waals surface area contributed by atoms with Crippen LogP contribution in [0.15, 0.2) is 35.2 Å². The van der Waals surface area contributed by atoms with Crippen LogP contribution in [0.2, 0.25) is 5.02 Å². The van der Waals surface area contributed by atoms with E-state index in [0.717, 1.165) is 12.8 Å². The average molecular weight is 385 g/mol. The van der Waals surface area contributed by atoms with Crippen LogP contribution in [0.4, 0.5) is 5.69 Å². The Morgan fingerprint density at radius 2 is 1.92 bits per heavy atom. The third-order valence-corrected chi connectivity index (χ3v) is 7.43. The normalized spacial score (nSPS) is 15.6. The molecule has 1 N–H and O–H groups in total. The predicted molar refractivity (Wildman–Crippen MR) is 96.5 cm³/mol. The van der Waals surface area contributed by atoms with E-state index in [2.05, 4.69) is 5.32 Å². The number of aryl methyl sites for hydroxylation is 1. The van der Waals surface area contributed by atoms with E-state index in [9.17, 15) is 13.2 Å². The molecule has 1 aliphatic rings. The van der Waals surface area contributed by atoms with Crippen molar-refractivity contribution in [1.29, 1.82) is 0 Å². The van der Waals surface area contributed by atoms with Crippen molar-refractivity contribution < 1.29 is 13.2 Å². The van der Waals surface area contributed by atoms with Gasteiger partial charge in [0.05, 0.1) is 20.5 Å². The van der Waals surface area contributed by atoms with Crippen LogP contribution < -0.4 is 5.32 Å². The molecule has 0 spiro atoms. The summed E-state index contributed by atoms with van der Waals surface area (Å²) in [5, 5.41) is 3.15. The van der Waals surface area contributed by atoms with Crippen molar-refractivity contribution in [2.45, 2.75) is 24.7 Å². The second-order valence-electron chi connectivity index (χ2n) is 5.58. The maximum atomic E-state index is 12.7. The summed E-state index contributed by atoms with van der Waals surface area (Å²) >= 11 is 7.21. The third kappa shape index (κ3) is 3.35. The third-order valence-electron chi connectivity index (χ3n) is 3.90. The van der Waals surface area contributed by atoms with Gasteiger partial charge in [0, 0.05) is 18.0 Å². The highest BCUT2D eigenvalue weighted by molar-refractivity contribution is 7.89. The van der Waals surface area contributed by atoms with Crippen LogP contribution in [0.3, 0.4) is 0 Å². The molecule has 2 aromatic rings. The molecule has 1 fully saturated rings. The van der Waals surface area contributed by atoms with Gasteiger partial charge >= 0.3 is 0 Å². The number of halogens is 1. The molecule has 128 valence electrons. The molecule has 5 nitrogen and oxygen atoms in total. The van der Waals surface area contributed by atoms with E-state index >= 15 is 0 Å². The summed E-state index contributed by atoms with van der Waals surface area (Å²) in [5.74, 6) is -0.362. The highest BCUT2D eigenvalue weighted by Gasteiger charge is 2.30. The average Bonchev–Trinajstić information content (AvgIpc) is 3.19. The number of anilines is 1. The molecule has 3 rings (SSSR count). The van der Waals surface area contributed by atoms with Crippen molar-refractivity contribution in [3.05, 3.63) is 45.1 Å². The van der Waals surface area contributed by atoms with Gasteiger partial charge in [-0.25, -0.2) is 8.42 Å². The number of carbonyl (C=O) groups is 1. The zero-order chi connectivity index (χ0) is 17.3. The quantitative estimate of drug-likeness (QED) is 0.872. The van der Waals surface area contributed by atoms with Gasteiger partial charge in [-0.2, -0.15) is 4.31 Å². The zero-order valence-corrected chi connectivity index (χ0v) is 15.5. The number of thiophene rings is 1. The van der Waals surface area contributed by atoms with Crippen molar-refractivity contribution in [3.63, 3.8) is 0 Å². The molecule has 2 heterocycles. The first kappa shape index (κ1) is 17.4. The highest BCUT2D eigenvalue weighted by Crippen LogP contribution is 2.31. The Hall–Kier alpha value is -1.41. The van der Waals surface area contributed by atoms with Gasteiger partial charge in [0.15, 0.2) is 0 Å². The molecule has 0 unspecified atom stereocenters. The summed E-state index contributed by atoms with van der Waals surface area (Å²) in [5.41, 5.74) is 0.499. The van der Waals surface area contributed by atoms with Crippen molar-refractivity contribution >= 4 is 44.6 Å². The van der Waals surface area contributed by atoms with E-state index in [1.807, 2.05) is 0 Å². The van der Waals surface area contributed by atoms with E-state index in [4.69, 9.17) is 11.6 Å². The molecule has 1 aliphatic heterocycles. The Kier molecular flexibility index (Phi) is 4.96. The van der Waals surface area contributed by atoms with Gasteiger partial charge in [-0.3, -0.25) is 4.79 Å². The number of para-hydroxylation sites is 1. The molecular formula is C16H17ClN2O3S2. The van der Waals surface area contributed by atoms with Crippen molar-refractivity contribution in [1.82, 2.24) is 4.31 Å². The first-order chi connectivity index (χ1) is 11.4. The van der Waals surface area contributed by atoms with Crippen molar-refractivity contribution in [2.75, 3.05) is 18.4 Å². The fourth-order valence-electron chi connectivity index (χ4n) is 2.65. The number of nitrogens with one attached hydrogen (secondary N) is 1. The largest absolute Gasteiger partial charge is 0.320 e. The second-order valence-corrected chi connectivity index (χ2v) is 9.15. The highest BCUT2D eigenvalue weighted by atomic mass is 35.5. The number of hydrogen-bond donors (Lipinski definition) is 1. The smallest absolute Gasteiger partial charge is 0.265 e. The van der Waals surface area contributed by atoms with E-state index in [1.165, 1.54) is 21.7 Å². The number of amides is 1. The topological polar surface area (TPSA) is 66.5 Å². The van der Waals surface area contributed by atoms with E-state index < -0.39 is 10.0 Å². The molecule has 0 saturated carbocycles. The molecule has 0 aliphatic carbocycles. The lowest BCUT2D eigenvalue weighted by Gasteiger charge is -2.14. The summed E-state index contributed by atoms with van der Waals surface area (Å²) in [6.45, 7) is 2.80. The minimum absolute atomic E-state index is 0.221. The van der Waals surface area contributed by atoms with Gasteiger partial charge in [0.1, 0.15) is 0 Å².